The number of carboxylic acid groups (broad SMARTS) is 1. The molecule has 160 valence electrons. The molecule has 2 aromatic rings. The van der Waals surface area contributed by atoms with E-state index in [4.69, 9.17) is 0 Å². The van der Waals surface area contributed by atoms with Crippen LogP contribution in [0.25, 0.3) is 0 Å². The Morgan fingerprint density at radius 1 is 1.26 bits per heavy atom. The summed E-state index contributed by atoms with van der Waals surface area (Å²) in [5.74, 6) is -2.81. The SMILES string of the molecule is C[C@@H](C(=O)O)N1C(=O)[C@@H]2[C@@H]3C[C@@H]([C@H]4Sc5[nH]c(=O)sc5[C@H](c5cccnc5)[C@H]34)[C@@H]2C1=O. The number of aromatic nitrogens is 2. The van der Waals surface area contributed by atoms with Crippen LogP contribution in [0.5, 0.6) is 0 Å². The number of nitrogens with one attached hydrogen (secondary N) is 1. The van der Waals surface area contributed by atoms with E-state index < -0.39 is 23.8 Å². The lowest BCUT2D eigenvalue weighted by molar-refractivity contribution is -0.154. The second-order valence-corrected chi connectivity index (χ2v) is 11.0. The zero-order chi connectivity index (χ0) is 21.6. The van der Waals surface area contributed by atoms with Crippen molar-refractivity contribution in [2.75, 3.05) is 0 Å². The summed E-state index contributed by atoms with van der Waals surface area (Å²) in [5, 5.41) is 10.4. The first kappa shape index (κ1) is 19.2. The molecule has 2 aromatic heterocycles. The summed E-state index contributed by atoms with van der Waals surface area (Å²) in [5.41, 5.74) is 1.01. The lowest BCUT2D eigenvalue weighted by Gasteiger charge is -2.42. The lowest BCUT2D eigenvalue weighted by atomic mass is 9.68. The highest BCUT2D eigenvalue weighted by molar-refractivity contribution is 8.00. The second kappa shape index (κ2) is 6.52. The number of aromatic amines is 1. The van der Waals surface area contributed by atoms with Crippen molar-refractivity contribution in [1.82, 2.24) is 14.9 Å². The largest absolute Gasteiger partial charge is 0.480 e. The molecule has 0 aromatic carbocycles. The number of hydrogen-bond acceptors (Lipinski definition) is 7. The third kappa shape index (κ3) is 2.46. The fraction of sp³-hybridized carbons (Fsp3) is 0.476. The third-order valence-corrected chi connectivity index (χ3v) is 10.1. The quantitative estimate of drug-likeness (QED) is 0.674. The maximum atomic E-state index is 13.3. The number of amides is 2. The predicted octanol–water partition coefficient (Wildman–Crippen LogP) is 1.78. The van der Waals surface area contributed by atoms with Gasteiger partial charge in [0.05, 0.1) is 16.9 Å². The average Bonchev–Trinajstić information content (AvgIpc) is 3.47. The van der Waals surface area contributed by atoms with E-state index in [1.54, 1.807) is 18.0 Å². The zero-order valence-corrected chi connectivity index (χ0v) is 18.1. The van der Waals surface area contributed by atoms with Crippen LogP contribution in [0.15, 0.2) is 34.3 Å². The van der Waals surface area contributed by atoms with Gasteiger partial charge in [0.1, 0.15) is 6.04 Å². The number of aliphatic carboxylic acids is 1. The van der Waals surface area contributed by atoms with Crippen LogP contribution in [-0.2, 0) is 14.4 Å². The van der Waals surface area contributed by atoms with Crippen molar-refractivity contribution in [3.63, 3.8) is 0 Å². The van der Waals surface area contributed by atoms with E-state index in [1.165, 1.54) is 18.3 Å². The van der Waals surface area contributed by atoms with E-state index in [2.05, 4.69) is 9.97 Å². The number of imide groups is 1. The average molecular weight is 458 g/mol. The Labute approximate surface area is 185 Å². The van der Waals surface area contributed by atoms with Gasteiger partial charge in [0, 0.05) is 28.4 Å². The highest BCUT2D eigenvalue weighted by atomic mass is 32.2. The minimum Gasteiger partial charge on any atom is -0.480 e. The molecular formula is C21H19N3O5S2. The van der Waals surface area contributed by atoms with E-state index in [0.29, 0.717) is 0 Å². The number of pyridine rings is 1. The van der Waals surface area contributed by atoms with Gasteiger partial charge in [0.25, 0.3) is 0 Å². The van der Waals surface area contributed by atoms with Crippen LogP contribution in [0.2, 0.25) is 0 Å². The first-order valence-electron chi connectivity index (χ1n) is 10.3. The topological polar surface area (TPSA) is 120 Å². The maximum Gasteiger partial charge on any atom is 0.326 e. The van der Waals surface area contributed by atoms with Crippen molar-refractivity contribution in [3.8, 4) is 0 Å². The molecule has 2 amide bonds. The van der Waals surface area contributed by atoms with Gasteiger partial charge in [-0.25, -0.2) is 4.79 Å². The van der Waals surface area contributed by atoms with Crippen LogP contribution >= 0.6 is 23.1 Å². The summed E-state index contributed by atoms with van der Waals surface area (Å²) >= 11 is 2.82. The highest BCUT2D eigenvalue weighted by Crippen LogP contribution is 2.68. The van der Waals surface area contributed by atoms with Crippen LogP contribution in [0.3, 0.4) is 0 Å². The van der Waals surface area contributed by atoms with E-state index in [-0.39, 0.29) is 45.6 Å². The minimum absolute atomic E-state index is 0.0110. The van der Waals surface area contributed by atoms with E-state index in [1.807, 2.05) is 18.3 Å². The van der Waals surface area contributed by atoms with Gasteiger partial charge in [0.15, 0.2) is 0 Å². The fourth-order valence-electron chi connectivity index (χ4n) is 6.47. The van der Waals surface area contributed by atoms with Crippen molar-refractivity contribution >= 4 is 40.9 Å². The van der Waals surface area contributed by atoms with Gasteiger partial charge in [-0.15, -0.1) is 11.8 Å². The van der Waals surface area contributed by atoms with Crippen molar-refractivity contribution < 1.29 is 19.5 Å². The summed E-state index contributed by atoms with van der Waals surface area (Å²) in [4.78, 5) is 59.2. The zero-order valence-electron chi connectivity index (χ0n) is 16.4. The Hall–Kier alpha value is -2.46. The predicted molar refractivity (Wildman–Crippen MR) is 112 cm³/mol. The van der Waals surface area contributed by atoms with E-state index >= 15 is 0 Å². The smallest absolute Gasteiger partial charge is 0.326 e. The molecule has 8 atom stereocenters. The summed E-state index contributed by atoms with van der Waals surface area (Å²) < 4.78 is 0. The number of thioether (sulfide) groups is 1. The Morgan fingerprint density at radius 3 is 2.68 bits per heavy atom. The molecule has 0 unspecified atom stereocenters. The number of nitrogens with zero attached hydrogens (tertiary/aromatic N) is 2. The number of carboxylic acids is 1. The van der Waals surface area contributed by atoms with Crippen LogP contribution in [0.1, 0.15) is 29.7 Å². The molecule has 2 aliphatic carbocycles. The van der Waals surface area contributed by atoms with Crippen LogP contribution in [0, 0.1) is 29.6 Å². The molecule has 2 aliphatic heterocycles. The summed E-state index contributed by atoms with van der Waals surface area (Å²) in [6.45, 7) is 1.39. The van der Waals surface area contributed by atoms with Crippen LogP contribution in [0.4, 0.5) is 0 Å². The van der Waals surface area contributed by atoms with Crippen LogP contribution in [-0.4, -0.2) is 49.0 Å². The van der Waals surface area contributed by atoms with E-state index in [0.717, 1.165) is 26.8 Å². The second-order valence-electron chi connectivity index (χ2n) is 8.81. The molecule has 4 aliphatic rings. The molecule has 4 heterocycles. The number of fused-ring (bicyclic) bond motifs is 9. The molecular weight excluding hydrogens is 438 g/mol. The number of thiazole rings is 1. The van der Waals surface area contributed by atoms with Gasteiger partial charge in [0.2, 0.25) is 11.8 Å². The Kier molecular flexibility index (Phi) is 4.05. The number of hydrogen-bond donors (Lipinski definition) is 2. The molecule has 2 N–H and O–H groups in total. The van der Waals surface area contributed by atoms with Gasteiger partial charge in [-0.3, -0.25) is 24.3 Å². The summed E-state index contributed by atoms with van der Waals surface area (Å²) in [6.07, 6.45) is 4.30. The van der Waals surface area contributed by atoms with Crippen molar-refractivity contribution in [2.45, 2.75) is 35.6 Å². The molecule has 2 saturated carbocycles. The first-order chi connectivity index (χ1) is 14.9. The molecule has 3 fully saturated rings. The Morgan fingerprint density at radius 2 is 2.00 bits per heavy atom. The molecule has 8 nitrogen and oxygen atoms in total. The minimum atomic E-state index is -1.17. The maximum absolute atomic E-state index is 13.3. The van der Waals surface area contributed by atoms with Gasteiger partial charge in [-0.05, 0) is 42.7 Å². The third-order valence-electron chi connectivity index (χ3n) is 7.55. The number of H-pyrrole nitrogens is 1. The summed E-state index contributed by atoms with van der Waals surface area (Å²) in [7, 11) is 0. The molecule has 0 spiro atoms. The number of carbonyl (C=O) groups is 3. The molecule has 1 saturated heterocycles. The highest BCUT2D eigenvalue weighted by Gasteiger charge is 2.70. The summed E-state index contributed by atoms with van der Waals surface area (Å²) in [6, 6.07) is 2.71. The molecule has 2 bridgehead atoms. The molecule has 31 heavy (non-hydrogen) atoms. The van der Waals surface area contributed by atoms with Crippen LogP contribution < -0.4 is 4.87 Å². The fourth-order valence-corrected chi connectivity index (χ4v) is 9.35. The normalized spacial score (nSPS) is 36.3. The van der Waals surface area contributed by atoms with Gasteiger partial charge in [-0.1, -0.05) is 17.4 Å². The lowest BCUT2D eigenvalue weighted by Crippen LogP contribution is -2.44. The van der Waals surface area contributed by atoms with Crippen molar-refractivity contribution in [2.24, 2.45) is 29.6 Å². The van der Waals surface area contributed by atoms with Gasteiger partial charge >= 0.3 is 10.8 Å². The Balaban J connectivity index is 1.46. The van der Waals surface area contributed by atoms with Crippen molar-refractivity contribution in [1.29, 1.82) is 0 Å². The monoisotopic (exact) mass is 457 g/mol. The standard InChI is InChI=1S/C21H19N3O5S2/c1-7(20(27)28)24-18(25)13-9-5-10(14(13)19(24)26)15-12(9)11(8-3-2-4-22-6-8)16-17(30-15)23-21(29)31-16/h2-4,6-7,9-15H,5H2,1H3,(H,23,29)(H,27,28)/t7-,9+,10+,11+,12-,13+,14-,15+/m0/s1. The first-order valence-corrected chi connectivity index (χ1v) is 12.0. The van der Waals surface area contributed by atoms with Crippen molar-refractivity contribution in [3.05, 3.63) is 44.6 Å². The van der Waals surface area contributed by atoms with Gasteiger partial charge < -0.3 is 10.1 Å². The Bertz CT molecular complexity index is 1180. The molecule has 6 rings (SSSR count). The number of rotatable bonds is 3. The molecule has 10 heteroatoms. The van der Waals surface area contributed by atoms with Gasteiger partial charge in [-0.2, -0.15) is 0 Å². The van der Waals surface area contributed by atoms with E-state index in [9.17, 15) is 24.3 Å². The molecule has 0 radical (unpaired) electrons. The number of likely N-dealkylation sites (tertiary alicyclic amines) is 1. The number of carbonyl (C=O) groups excluding carboxylic acids is 2.